The maximum absolute atomic E-state index is 10.1. The summed E-state index contributed by atoms with van der Waals surface area (Å²) >= 11 is 0. The SMILES string of the molecule is COC(CN1CC(O)(C2CC2)C1)OC. The van der Waals surface area contributed by atoms with E-state index in [1.807, 2.05) is 0 Å². The Kier molecular flexibility index (Phi) is 2.79. The molecule has 1 saturated heterocycles. The van der Waals surface area contributed by atoms with Gasteiger partial charge >= 0.3 is 0 Å². The number of methoxy groups -OCH3 is 2. The molecule has 1 aliphatic heterocycles. The summed E-state index contributed by atoms with van der Waals surface area (Å²) in [6.45, 7) is 2.31. The van der Waals surface area contributed by atoms with Gasteiger partial charge in [0, 0.05) is 33.9 Å². The van der Waals surface area contributed by atoms with Crippen molar-refractivity contribution in [2.45, 2.75) is 24.7 Å². The van der Waals surface area contributed by atoms with Gasteiger partial charge in [-0.25, -0.2) is 0 Å². The number of rotatable bonds is 5. The zero-order valence-corrected chi connectivity index (χ0v) is 8.90. The molecule has 0 bridgehead atoms. The molecule has 2 aliphatic rings. The van der Waals surface area contributed by atoms with Crippen molar-refractivity contribution in [1.82, 2.24) is 4.90 Å². The van der Waals surface area contributed by atoms with Gasteiger partial charge < -0.3 is 14.6 Å². The zero-order valence-electron chi connectivity index (χ0n) is 8.90. The lowest BCUT2D eigenvalue weighted by Crippen LogP contribution is -2.64. The van der Waals surface area contributed by atoms with Gasteiger partial charge in [0.2, 0.25) is 0 Å². The number of ether oxygens (including phenoxy) is 2. The van der Waals surface area contributed by atoms with Crippen LogP contribution in [-0.4, -0.2) is 55.8 Å². The van der Waals surface area contributed by atoms with Crippen LogP contribution in [0.2, 0.25) is 0 Å². The molecule has 2 fully saturated rings. The van der Waals surface area contributed by atoms with Gasteiger partial charge in [0.15, 0.2) is 6.29 Å². The fraction of sp³-hybridized carbons (Fsp3) is 1.00. The normalized spacial score (nSPS) is 26.6. The van der Waals surface area contributed by atoms with Crippen molar-refractivity contribution < 1.29 is 14.6 Å². The van der Waals surface area contributed by atoms with Crippen LogP contribution in [0.5, 0.6) is 0 Å². The first-order valence-electron chi connectivity index (χ1n) is 5.18. The average Bonchev–Trinajstić information content (AvgIpc) is 2.93. The second kappa shape index (κ2) is 3.77. The highest BCUT2D eigenvalue weighted by atomic mass is 16.7. The summed E-state index contributed by atoms with van der Waals surface area (Å²) in [5.74, 6) is 0.558. The summed E-state index contributed by atoms with van der Waals surface area (Å²) in [6, 6.07) is 0. The number of nitrogens with zero attached hydrogens (tertiary/aromatic N) is 1. The topological polar surface area (TPSA) is 41.9 Å². The molecular weight excluding hydrogens is 182 g/mol. The Morgan fingerprint density at radius 2 is 1.93 bits per heavy atom. The van der Waals surface area contributed by atoms with Crippen LogP contribution in [0.3, 0.4) is 0 Å². The van der Waals surface area contributed by atoms with E-state index < -0.39 is 5.60 Å². The summed E-state index contributed by atoms with van der Waals surface area (Å²) < 4.78 is 10.2. The lowest BCUT2D eigenvalue weighted by Gasteiger charge is -2.47. The van der Waals surface area contributed by atoms with E-state index in [0.29, 0.717) is 5.92 Å². The lowest BCUT2D eigenvalue weighted by molar-refractivity contribution is -0.166. The van der Waals surface area contributed by atoms with E-state index in [0.717, 1.165) is 19.6 Å². The maximum atomic E-state index is 10.1. The number of hydrogen-bond acceptors (Lipinski definition) is 4. The number of hydrogen-bond donors (Lipinski definition) is 1. The third-order valence-electron chi connectivity index (χ3n) is 3.27. The first kappa shape index (κ1) is 10.4. The quantitative estimate of drug-likeness (QED) is 0.639. The molecular formula is C10H19NO3. The molecule has 4 heteroatoms. The van der Waals surface area contributed by atoms with Gasteiger partial charge in [0.1, 0.15) is 0 Å². The minimum Gasteiger partial charge on any atom is -0.387 e. The first-order valence-corrected chi connectivity index (χ1v) is 5.18. The fourth-order valence-electron chi connectivity index (χ4n) is 2.19. The van der Waals surface area contributed by atoms with E-state index >= 15 is 0 Å². The first-order chi connectivity index (χ1) is 6.68. The van der Waals surface area contributed by atoms with Gasteiger partial charge in [0.25, 0.3) is 0 Å². The Labute approximate surface area is 84.8 Å². The second-order valence-electron chi connectivity index (χ2n) is 4.45. The van der Waals surface area contributed by atoms with Gasteiger partial charge in [-0.2, -0.15) is 0 Å². The second-order valence-corrected chi connectivity index (χ2v) is 4.45. The van der Waals surface area contributed by atoms with Crippen LogP contribution in [0.15, 0.2) is 0 Å². The van der Waals surface area contributed by atoms with Gasteiger partial charge in [-0.15, -0.1) is 0 Å². The molecule has 0 atom stereocenters. The summed E-state index contributed by atoms with van der Waals surface area (Å²) in [6.07, 6.45) is 2.23. The average molecular weight is 201 g/mol. The van der Waals surface area contributed by atoms with Crippen molar-refractivity contribution in [3.8, 4) is 0 Å². The number of β-amino-alcohol motifs (C(OH)–C–C–N with tert-alkyl or cyclic N) is 1. The molecule has 0 spiro atoms. The van der Waals surface area contributed by atoms with Gasteiger partial charge in [-0.3, -0.25) is 4.90 Å². The summed E-state index contributed by atoms with van der Waals surface area (Å²) in [5, 5.41) is 10.1. The van der Waals surface area contributed by atoms with Crippen molar-refractivity contribution in [3.05, 3.63) is 0 Å². The lowest BCUT2D eigenvalue weighted by atomic mass is 9.89. The van der Waals surface area contributed by atoms with Crippen molar-refractivity contribution in [3.63, 3.8) is 0 Å². The molecule has 0 unspecified atom stereocenters. The molecule has 1 heterocycles. The molecule has 4 nitrogen and oxygen atoms in total. The van der Waals surface area contributed by atoms with Crippen LogP contribution >= 0.6 is 0 Å². The van der Waals surface area contributed by atoms with E-state index in [2.05, 4.69) is 4.90 Å². The number of aliphatic hydroxyl groups is 1. The van der Waals surface area contributed by atoms with Crippen LogP contribution in [0.4, 0.5) is 0 Å². The number of likely N-dealkylation sites (tertiary alicyclic amines) is 1. The van der Waals surface area contributed by atoms with Gasteiger partial charge in [0.05, 0.1) is 5.60 Å². The van der Waals surface area contributed by atoms with Crippen molar-refractivity contribution in [1.29, 1.82) is 0 Å². The van der Waals surface area contributed by atoms with Crippen LogP contribution in [0.1, 0.15) is 12.8 Å². The standard InChI is InChI=1S/C10H19NO3/c1-13-9(14-2)5-11-6-10(12,7-11)8-3-4-8/h8-9,12H,3-7H2,1-2H3. The smallest absolute Gasteiger partial charge is 0.169 e. The highest BCUT2D eigenvalue weighted by Gasteiger charge is 2.51. The minimum absolute atomic E-state index is 0.168. The molecule has 14 heavy (non-hydrogen) atoms. The molecule has 1 N–H and O–H groups in total. The highest BCUT2D eigenvalue weighted by molar-refractivity contribution is 5.05. The van der Waals surface area contributed by atoms with Crippen LogP contribution in [0.25, 0.3) is 0 Å². The Hall–Kier alpha value is -0.160. The van der Waals surface area contributed by atoms with E-state index in [9.17, 15) is 5.11 Å². The predicted molar refractivity (Wildman–Crippen MR) is 51.9 cm³/mol. The summed E-state index contributed by atoms with van der Waals surface area (Å²) in [4.78, 5) is 2.18. The highest BCUT2D eigenvalue weighted by Crippen LogP contribution is 2.44. The Balaban J connectivity index is 1.71. The molecule has 82 valence electrons. The van der Waals surface area contributed by atoms with E-state index in [1.165, 1.54) is 12.8 Å². The zero-order chi connectivity index (χ0) is 10.2. The van der Waals surface area contributed by atoms with Crippen molar-refractivity contribution in [2.75, 3.05) is 33.9 Å². The Bertz CT molecular complexity index is 193. The van der Waals surface area contributed by atoms with Gasteiger partial charge in [-0.1, -0.05) is 0 Å². The third kappa shape index (κ3) is 1.93. The third-order valence-corrected chi connectivity index (χ3v) is 3.27. The molecule has 0 radical (unpaired) electrons. The van der Waals surface area contributed by atoms with E-state index in [-0.39, 0.29) is 6.29 Å². The van der Waals surface area contributed by atoms with Gasteiger partial charge in [-0.05, 0) is 18.8 Å². The van der Waals surface area contributed by atoms with E-state index in [4.69, 9.17) is 9.47 Å². The van der Waals surface area contributed by atoms with E-state index in [1.54, 1.807) is 14.2 Å². The summed E-state index contributed by atoms with van der Waals surface area (Å²) in [7, 11) is 3.28. The molecule has 0 aromatic rings. The fourth-order valence-corrected chi connectivity index (χ4v) is 2.19. The van der Waals surface area contributed by atoms with Crippen molar-refractivity contribution in [2.24, 2.45) is 5.92 Å². The van der Waals surface area contributed by atoms with Crippen molar-refractivity contribution >= 4 is 0 Å². The Morgan fingerprint density at radius 3 is 2.36 bits per heavy atom. The molecule has 1 saturated carbocycles. The minimum atomic E-state index is -0.397. The molecule has 0 aromatic carbocycles. The molecule has 1 aliphatic carbocycles. The van der Waals surface area contributed by atoms with Crippen LogP contribution in [0, 0.1) is 5.92 Å². The molecule has 0 amide bonds. The largest absolute Gasteiger partial charge is 0.387 e. The maximum Gasteiger partial charge on any atom is 0.169 e. The predicted octanol–water partition coefficient (Wildman–Crippen LogP) is 0.0620. The van der Waals surface area contributed by atoms with Crippen LogP contribution in [-0.2, 0) is 9.47 Å². The van der Waals surface area contributed by atoms with Crippen LogP contribution < -0.4 is 0 Å². The molecule has 0 aromatic heterocycles. The molecule has 2 rings (SSSR count). The summed E-state index contributed by atoms with van der Waals surface area (Å²) in [5.41, 5.74) is -0.397. The Morgan fingerprint density at radius 1 is 1.36 bits per heavy atom. The monoisotopic (exact) mass is 201 g/mol.